The van der Waals surface area contributed by atoms with Crippen LogP contribution in [-0.2, 0) is 25.6 Å². The van der Waals surface area contributed by atoms with Gasteiger partial charge in [0.25, 0.3) is 0 Å². The van der Waals surface area contributed by atoms with Crippen molar-refractivity contribution in [1.29, 1.82) is 0 Å². The number of nitrogens with two attached hydrogens (primary N) is 2. The van der Waals surface area contributed by atoms with Crippen LogP contribution in [0.3, 0.4) is 0 Å². The predicted octanol–water partition coefficient (Wildman–Crippen LogP) is 0.116. The summed E-state index contributed by atoms with van der Waals surface area (Å²) in [6.07, 6.45) is 0.181. The fourth-order valence-electron chi connectivity index (χ4n) is 6.58. The maximum absolute atomic E-state index is 13.8. The first kappa shape index (κ1) is 24.8. The van der Waals surface area contributed by atoms with Crippen LogP contribution in [0.5, 0.6) is 5.75 Å². The van der Waals surface area contributed by atoms with Crippen molar-refractivity contribution in [3.8, 4) is 16.9 Å². The summed E-state index contributed by atoms with van der Waals surface area (Å²) in [6.45, 7) is 0. The van der Waals surface area contributed by atoms with Gasteiger partial charge in [-0.25, -0.2) is 0 Å². The quantitative estimate of drug-likeness (QED) is 0.333. The summed E-state index contributed by atoms with van der Waals surface area (Å²) in [5.74, 6) is -10.7. The minimum absolute atomic E-state index is 0.00405. The second-order valence-electron chi connectivity index (χ2n) is 10.4. The number of primary amides is 1. The first-order chi connectivity index (χ1) is 17.4. The Balaban J connectivity index is 1.67. The molecule has 0 spiro atoms. The molecule has 2 unspecified atom stereocenters. The number of amides is 1. The Morgan fingerprint density at radius 1 is 1.08 bits per heavy atom. The van der Waals surface area contributed by atoms with Crippen LogP contribution >= 0.6 is 0 Å². The second kappa shape index (κ2) is 8.32. The Bertz CT molecular complexity index is 1400. The normalized spacial score (nSPS) is 31.1. The maximum Gasteiger partial charge on any atom is 0.235 e. The van der Waals surface area contributed by atoms with E-state index >= 15 is 0 Å². The Hall–Kier alpha value is -3.89. The maximum atomic E-state index is 13.8. The van der Waals surface area contributed by atoms with E-state index in [9.17, 15) is 34.2 Å². The molecule has 3 aliphatic carbocycles. The summed E-state index contributed by atoms with van der Waals surface area (Å²) in [5, 5.41) is 22.3. The van der Waals surface area contributed by atoms with Gasteiger partial charge in [0.15, 0.2) is 34.7 Å². The van der Waals surface area contributed by atoms with E-state index in [2.05, 4.69) is 0 Å². The molecule has 10 heteroatoms. The average molecular weight is 506 g/mol. The molecule has 2 saturated carbocycles. The number of rotatable bonds is 3. The monoisotopic (exact) mass is 505 g/mol. The molecule has 0 radical (unpaired) electrons. The molecular formula is C27H27N3O7. The van der Waals surface area contributed by atoms with Crippen LogP contribution in [0.4, 0.5) is 5.69 Å². The molecule has 2 fully saturated rings. The molecule has 192 valence electrons. The van der Waals surface area contributed by atoms with Crippen LogP contribution in [0, 0.1) is 23.7 Å². The molecule has 1 amide bonds. The smallest absolute Gasteiger partial charge is 0.235 e. The number of phenols is 1. The molecule has 2 aromatic rings. The van der Waals surface area contributed by atoms with Crippen molar-refractivity contribution in [2.75, 3.05) is 19.8 Å². The lowest BCUT2D eigenvalue weighted by Crippen LogP contribution is -2.74. The van der Waals surface area contributed by atoms with E-state index in [1.165, 1.54) is 11.0 Å². The van der Waals surface area contributed by atoms with Gasteiger partial charge in [0.05, 0.1) is 17.5 Å². The van der Waals surface area contributed by atoms with Crippen molar-refractivity contribution in [1.82, 2.24) is 4.90 Å². The molecule has 0 aromatic heterocycles. The zero-order valence-corrected chi connectivity index (χ0v) is 20.3. The van der Waals surface area contributed by atoms with E-state index in [1.54, 1.807) is 38.4 Å². The highest BCUT2D eigenvalue weighted by Gasteiger charge is 2.69. The summed E-state index contributed by atoms with van der Waals surface area (Å²) in [6, 6.07) is 8.92. The highest BCUT2D eigenvalue weighted by atomic mass is 16.3. The number of nitrogen functional groups attached to an aromatic ring is 1. The number of carbonyl (C=O) groups excluding carboxylic acids is 5. The molecule has 0 heterocycles. The number of hydrogen-bond acceptors (Lipinski definition) is 9. The van der Waals surface area contributed by atoms with Crippen LogP contribution in [0.25, 0.3) is 11.1 Å². The van der Waals surface area contributed by atoms with Crippen LogP contribution in [0.2, 0.25) is 0 Å². The molecule has 2 aromatic carbocycles. The van der Waals surface area contributed by atoms with Gasteiger partial charge in [-0.15, -0.1) is 0 Å². The van der Waals surface area contributed by atoms with E-state index < -0.39 is 64.4 Å². The molecule has 0 bridgehead atoms. The van der Waals surface area contributed by atoms with Gasteiger partial charge < -0.3 is 21.7 Å². The van der Waals surface area contributed by atoms with Gasteiger partial charge in [-0.1, -0.05) is 18.2 Å². The van der Waals surface area contributed by atoms with Crippen molar-refractivity contribution in [2.24, 2.45) is 29.4 Å². The summed E-state index contributed by atoms with van der Waals surface area (Å²) >= 11 is 0. The number of aromatic hydroxyl groups is 1. The van der Waals surface area contributed by atoms with Crippen molar-refractivity contribution < 1.29 is 34.2 Å². The van der Waals surface area contributed by atoms with E-state index in [0.717, 1.165) is 5.56 Å². The Kier molecular flexibility index (Phi) is 5.58. The first-order valence-electron chi connectivity index (χ1n) is 11.9. The number of anilines is 1. The van der Waals surface area contributed by atoms with E-state index in [-0.39, 0.29) is 24.2 Å². The third kappa shape index (κ3) is 3.36. The number of aliphatic hydroxyl groups is 1. The summed E-state index contributed by atoms with van der Waals surface area (Å²) in [7, 11) is 3.09. The van der Waals surface area contributed by atoms with Crippen LogP contribution < -0.4 is 11.5 Å². The molecule has 10 nitrogen and oxygen atoms in total. The molecule has 0 aliphatic heterocycles. The fraction of sp³-hybridized carbons (Fsp3) is 0.370. The number of fused-ring (bicyclic) bond motifs is 3. The predicted molar refractivity (Wildman–Crippen MR) is 131 cm³/mol. The number of carbonyl (C=O) groups is 5. The lowest BCUT2D eigenvalue weighted by atomic mass is 9.52. The zero-order valence-electron chi connectivity index (χ0n) is 20.3. The SMILES string of the molecule is CN(C)[C@H]1C(=O)C(C(N)=O)C(=O)[C@]2(O)C(=O)C3C(=O)c4c(O)ccc(-c5cccc(N)c5)c4C[C@@H]3C[C@H]12. The summed E-state index contributed by atoms with van der Waals surface area (Å²) < 4.78 is 0. The third-order valence-corrected chi connectivity index (χ3v) is 8.14. The lowest BCUT2D eigenvalue weighted by Gasteiger charge is -2.52. The standard InChI is InChI=1S/C27H27N3O7/c1-30(2)21-16-10-12-9-15-14(11-4-3-5-13(28)8-11)6-7-17(31)19(15)22(32)18(12)24(34)27(16,37)25(35)20(23(21)33)26(29)36/h3-8,12,16,18,20-21,31,37H,9-10,28H2,1-2H3,(H2,29,36)/t12-,16-,18?,20?,21-,27-/m1/s1. The van der Waals surface area contributed by atoms with Gasteiger partial charge in [0.2, 0.25) is 5.91 Å². The van der Waals surface area contributed by atoms with E-state index in [1.807, 2.05) is 6.07 Å². The van der Waals surface area contributed by atoms with Gasteiger partial charge in [-0.2, -0.15) is 0 Å². The zero-order chi connectivity index (χ0) is 27.0. The van der Waals surface area contributed by atoms with Gasteiger partial charge in [0.1, 0.15) is 5.75 Å². The van der Waals surface area contributed by atoms with Crippen molar-refractivity contribution >= 4 is 34.7 Å². The average Bonchev–Trinajstić information content (AvgIpc) is 2.81. The van der Waals surface area contributed by atoms with Gasteiger partial charge in [0, 0.05) is 11.6 Å². The molecule has 6 atom stereocenters. The Morgan fingerprint density at radius 3 is 2.41 bits per heavy atom. The largest absolute Gasteiger partial charge is 0.507 e. The van der Waals surface area contributed by atoms with Crippen molar-refractivity contribution in [2.45, 2.75) is 24.5 Å². The van der Waals surface area contributed by atoms with E-state index in [0.29, 0.717) is 16.8 Å². The minimum Gasteiger partial charge on any atom is -0.507 e. The van der Waals surface area contributed by atoms with Gasteiger partial charge >= 0.3 is 0 Å². The fourth-order valence-corrected chi connectivity index (χ4v) is 6.58. The molecule has 5 rings (SSSR count). The molecule has 3 aliphatic rings. The molecule has 37 heavy (non-hydrogen) atoms. The van der Waals surface area contributed by atoms with Gasteiger partial charge in [-0.05, 0) is 67.7 Å². The first-order valence-corrected chi connectivity index (χ1v) is 11.9. The number of likely N-dealkylation sites (N-methyl/N-ethyl adjacent to an activating group) is 1. The highest BCUT2D eigenvalue weighted by Crippen LogP contribution is 2.51. The van der Waals surface area contributed by atoms with Crippen molar-refractivity contribution in [3.05, 3.63) is 47.5 Å². The number of ketones is 4. The topological polar surface area (TPSA) is 181 Å². The Morgan fingerprint density at radius 2 is 1.78 bits per heavy atom. The number of Topliss-reactive ketones (excluding diaryl/α,β-unsaturated/α-hetero) is 4. The van der Waals surface area contributed by atoms with Crippen LogP contribution in [0.15, 0.2) is 36.4 Å². The Labute approximate surface area is 212 Å². The highest BCUT2D eigenvalue weighted by molar-refractivity contribution is 6.32. The van der Waals surface area contributed by atoms with E-state index in [4.69, 9.17) is 11.5 Å². The third-order valence-electron chi connectivity index (χ3n) is 8.14. The molecule has 6 N–H and O–H groups in total. The van der Waals surface area contributed by atoms with Crippen LogP contribution in [0.1, 0.15) is 22.3 Å². The number of nitrogens with zero attached hydrogens (tertiary/aromatic N) is 1. The van der Waals surface area contributed by atoms with Gasteiger partial charge in [-0.3, -0.25) is 28.9 Å². The van der Waals surface area contributed by atoms with Crippen molar-refractivity contribution in [3.63, 3.8) is 0 Å². The molecular weight excluding hydrogens is 478 g/mol. The lowest BCUT2D eigenvalue weighted by molar-refractivity contribution is -0.181. The summed E-state index contributed by atoms with van der Waals surface area (Å²) in [5.41, 5.74) is 10.9. The number of benzene rings is 2. The minimum atomic E-state index is -2.74. The second-order valence-corrected chi connectivity index (χ2v) is 10.4. The summed E-state index contributed by atoms with van der Waals surface area (Å²) in [4.78, 5) is 67.5. The molecule has 0 saturated heterocycles. The number of phenolic OH excluding ortho intramolecular Hbond substituents is 1. The number of hydrogen-bond donors (Lipinski definition) is 4. The van der Waals surface area contributed by atoms with Crippen LogP contribution in [-0.4, -0.2) is 69.9 Å².